The molecule has 1 atom stereocenters. The van der Waals surface area contributed by atoms with Gasteiger partial charge in [-0.1, -0.05) is 4.68 Å². The maximum absolute atomic E-state index is 14.1. The molecule has 1 unspecified atom stereocenters. The van der Waals surface area contributed by atoms with Crippen molar-refractivity contribution in [2.24, 2.45) is 0 Å². The van der Waals surface area contributed by atoms with Gasteiger partial charge in [-0.2, -0.15) is 5.10 Å². The molecule has 0 aliphatic heterocycles. The van der Waals surface area contributed by atoms with Crippen LogP contribution in [0.3, 0.4) is 0 Å². The highest BCUT2D eigenvalue weighted by Crippen LogP contribution is 2.31. The topological polar surface area (TPSA) is 99.9 Å². The fourth-order valence-corrected chi connectivity index (χ4v) is 3.29. The van der Waals surface area contributed by atoms with Gasteiger partial charge in [0.15, 0.2) is 5.82 Å². The largest absolute Gasteiger partial charge is 0.539 e. The van der Waals surface area contributed by atoms with E-state index in [1.165, 1.54) is 16.8 Å². The second-order valence-electron chi connectivity index (χ2n) is 6.29. The van der Waals surface area contributed by atoms with Gasteiger partial charge < -0.3 is 14.9 Å². The van der Waals surface area contributed by atoms with E-state index in [0.717, 1.165) is 34.6 Å². The molecule has 140 valence electrons. The molecule has 0 fully saturated rings. The predicted octanol–water partition coefficient (Wildman–Crippen LogP) is 0.693. The minimum absolute atomic E-state index is 0.154. The second-order valence-corrected chi connectivity index (χ2v) is 6.29. The Morgan fingerprint density at radius 3 is 3.04 bits per heavy atom. The molecule has 0 bridgehead atoms. The van der Waals surface area contributed by atoms with Gasteiger partial charge in [-0.15, -0.1) is 0 Å². The van der Waals surface area contributed by atoms with Gasteiger partial charge in [0, 0.05) is 17.3 Å². The zero-order valence-corrected chi connectivity index (χ0v) is 14.1. The third-order valence-electron chi connectivity index (χ3n) is 4.45. The number of hydrogen-bond acceptors (Lipinski definition) is 5. The summed E-state index contributed by atoms with van der Waals surface area (Å²) in [5.74, 6) is -2.34. The van der Waals surface area contributed by atoms with E-state index in [9.17, 15) is 18.7 Å². The van der Waals surface area contributed by atoms with Crippen molar-refractivity contribution >= 4 is 5.91 Å². The summed E-state index contributed by atoms with van der Waals surface area (Å²) < 4.78 is 34.2. The van der Waals surface area contributed by atoms with Gasteiger partial charge in [0.2, 0.25) is 6.20 Å². The fraction of sp³-hybridized carbons (Fsp3) is 0.294. The van der Waals surface area contributed by atoms with Crippen molar-refractivity contribution in [3.63, 3.8) is 0 Å². The zero-order chi connectivity index (χ0) is 19.0. The molecular formula is C17H15F2N5O3. The molecule has 8 nitrogen and oxygen atoms in total. The molecule has 10 heteroatoms. The van der Waals surface area contributed by atoms with Gasteiger partial charge in [-0.25, -0.2) is 13.5 Å². The fourth-order valence-electron chi connectivity index (χ4n) is 3.29. The first-order chi connectivity index (χ1) is 13.0. The van der Waals surface area contributed by atoms with Crippen molar-refractivity contribution in [1.29, 1.82) is 0 Å². The highest BCUT2D eigenvalue weighted by Gasteiger charge is 2.27. The van der Waals surface area contributed by atoms with Crippen LogP contribution in [0.15, 0.2) is 35.1 Å². The van der Waals surface area contributed by atoms with Crippen molar-refractivity contribution in [1.82, 2.24) is 20.4 Å². The van der Waals surface area contributed by atoms with Crippen molar-refractivity contribution in [3.05, 3.63) is 53.5 Å². The minimum Gasteiger partial charge on any atom is -0.539 e. The Balaban J connectivity index is 1.55. The first-order valence-electron chi connectivity index (χ1n) is 8.36. The lowest BCUT2D eigenvalue weighted by Gasteiger charge is -2.23. The summed E-state index contributed by atoms with van der Waals surface area (Å²) in [5.41, 5.74) is 1.71. The Kier molecular flexibility index (Phi) is 4.30. The van der Waals surface area contributed by atoms with E-state index < -0.39 is 17.6 Å². The lowest BCUT2D eigenvalue weighted by Crippen LogP contribution is -2.45. The van der Waals surface area contributed by atoms with Crippen LogP contribution in [0, 0.1) is 11.6 Å². The van der Waals surface area contributed by atoms with Crippen LogP contribution in [-0.4, -0.2) is 21.0 Å². The van der Waals surface area contributed by atoms with Crippen LogP contribution in [-0.2, 0) is 17.8 Å². The molecule has 1 N–H and O–H groups in total. The molecule has 0 saturated heterocycles. The Labute approximate surface area is 152 Å². The predicted molar refractivity (Wildman–Crippen MR) is 83.4 cm³/mol. The van der Waals surface area contributed by atoms with Crippen molar-refractivity contribution in [3.8, 4) is 11.6 Å². The van der Waals surface area contributed by atoms with Crippen LogP contribution in [0.5, 0.6) is 5.95 Å². The number of halogens is 2. The number of fused-ring (bicyclic) bond motifs is 1. The molecule has 4 rings (SSSR count). The molecule has 0 radical (unpaired) electrons. The first kappa shape index (κ1) is 17.1. The number of aromatic nitrogens is 4. The Bertz CT molecular complexity index is 1000. The van der Waals surface area contributed by atoms with E-state index in [1.54, 1.807) is 6.20 Å². The molecule has 1 aromatic carbocycles. The van der Waals surface area contributed by atoms with Crippen LogP contribution in [0.25, 0.3) is 5.69 Å². The molecular weight excluding hydrogens is 360 g/mol. The molecule has 0 spiro atoms. The van der Waals surface area contributed by atoms with Gasteiger partial charge in [-0.3, -0.25) is 4.79 Å². The summed E-state index contributed by atoms with van der Waals surface area (Å²) in [7, 11) is 0. The summed E-state index contributed by atoms with van der Waals surface area (Å²) in [6.45, 7) is -0.154. The number of hydrogen-bond donors (Lipinski definition) is 1. The van der Waals surface area contributed by atoms with E-state index in [4.69, 9.17) is 0 Å². The Morgan fingerprint density at radius 2 is 2.30 bits per heavy atom. The third-order valence-corrected chi connectivity index (χ3v) is 4.45. The summed E-state index contributed by atoms with van der Waals surface area (Å²) in [6.07, 6.45) is 4.80. The molecule has 2 aromatic heterocycles. The Morgan fingerprint density at radius 1 is 1.44 bits per heavy atom. The molecule has 1 amide bonds. The number of carbonyl (C=O) groups excluding carboxylic acids is 1. The van der Waals surface area contributed by atoms with E-state index in [2.05, 4.69) is 20.2 Å². The Hall–Kier alpha value is -3.30. The molecule has 1 aliphatic rings. The van der Waals surface area contributed by atoms with E-state index in [-0.39, 0.29) is 24.2 Å². The van der Waals surface area contributed by atoms with Gasteiger partial charge in [0.05, 0.1) is 17.5 Å². The van der Waals surface area contributed by atoms with E-state index in [1.807, 2.05) is 0 Å². The average molecular weight is 375 g/mol. The number of benzene rings is 1. The smallest absolute Gasteiger partial charge is 0.289 e. The first-order valence-corrected chi connectivity index (χ1v) is 8.36. The molecule has 1 aliphatic carbocycles. The second kappa shape index (κ2) is 6.78. The molecule has 2 heterocycles. The molecule has 0 saturated carbocycles. The average Bonchev–Trinajstić information content (AvgIpc) is 3.22. The van der Waals surface area contributed by atoms with Crippen molar-refractivity contribution < 1.29 is 27.9 Å². The number of nitrogens with zero attached hydrogens (tertiary/aromatic N) is 4. The third kappa shape index (κ3) is 3.37. The van der Waals surface area contributed by atoms with Gasteiger partial charge >= 0.3 is 0 Å². The quantitative estimate of drug-likeness (QED) is 0.677. The highest BCUT2D eigenvalue weighted by molar-refractivity contribution is 5.75. The number of rotatable bonds is 4. The van der Waals surface area contributed by atoms with Gasteiger partial charge in [-0.05, 0) is 31.4 Å². The summed E-state index contributed by atoms with van der Waals surface area (Å²) >= 11 is 0. The van der Waals surface area contributed by atoms with E-state index in [0.29, 0.717) is 12.8 Å². The zero-order valence-electron chi connectivity index (χ0n) is 14.1. The number of carbonyl (C=O) groups is 1. The number of amides is 1. The van der Waals surface area contributed by atoms with Gasteiger partial charge in [0.25, 0.3) is 12.5 Å². The maximum atomic E-state index is 14.1. The SMILES string of the molecule is O=C(C[n+]1cc([O-])on1)NC1CCCc2c1cnn2-c1ccc(F)cc1F. The highest BCUT2D eigenvalue weighted by atomic mass is 19.1. The summed E-state index contributed by atoms with van der Waals surface area (Å²) in [5, 5.41) is 21.5. The van der Waals surface area contributed by atoms with E-state index >= 15 is 0 Å². The van der Waals surface area contributed by atoms with Crippen LogP contribution in [0.4, 0.5) is 8.78 Å². The lowest BCUT2D eigenvalue weighted by molar-refractivity contribution is -0.751. The van der Waals surface area contributed by atoms with Crippen LogP contribution in [0.1, 0.15) is 30.1 Å². The van der Waals surface area contributed by atoms with Crippen LogP contribution >= 0.6 is 0 Å². The van der Waals surface area contributed by atoms with Crippen LogP contribution < -0.4 is 15.1 Å². The molecule has 3 aromatic rings. The summed E-state index contributed by atoms with van der Waals surface area (Å²) in [4.78, 5) is 12.2. The van der Waals surface area contributed by atoms with Gasteiger partial charge in [0.1, 0.15) is 17.5 Å². The number of nitrogens with one attached hydrogen (secondary N) is 1. The maximum Gasteiger partial charge on any atom is 0.289 e. The monoisotopic (exact) mass is 375 g/mol. The normalized spacial score (nSPS) is 16.1. The molecule has 27 heavy (non-hydrogen) atoms. The standard InChI is InChI=1S/C17H15F2N5O3/c18-10-4-5-15(12(19)6-10)24-14-3-1-2-13(11(14)7-20-24)21-16(25)8-23-9-17(26)27-22-23/h4-7,9,13H,1-3,8H2,(H-,21,22,25,26). The summed E-state index contributed by atoms with van der Waals surface area (Å²) in [6, 6.07) is 3.03. The van der Waals surface area contributed by atoms with Crippen LogP contribution in [0.2, 0.25) is 0 Å². The van der Waals surface area contributed by atoms with Crippen molar-refractivity contribution in [2.75, 3.05) is 0 Å². The minimum atomic E-state index is -0.706. The lowest BCUT2D eigenvalue weighted by atomic mass is 9.93. The van der Waals surface area contributed by atoms with Crippen molar-refractivity contribution in [2.45, 2.75) is 31.8 Å².